The van der Waals surface area contributed by atoms with Crippen LogP contribution < -0.4 is 0 Å². The van der Waals surface area contributed by atoms with E-state index in [4.69, 9.17) is 0 Å². The molecule has 1 heterocycles. The smallest absolute Gasteiger partial charge is 0 e. The van der Waals surface area contributed by atoms with Crippen molar-refractivity contribution in [3.8, 4) is 0 Å². The van der Waals surface area contributed by atoms with Gasteiger partial charge >= 0.3 is 0 Å². The van der Waals surface area contributed by atoms with Crippen molar-refractivity contribution in [3.63, 3.8) is 0 Å². The molecule has 0 saturated heterocycles. The Labute approximate surface area is 68.5 Å². The molecule has 0 amide bonds. The average Bonchev–Trinajstić information content (AvgIpc) is 1.69. The molecule has 0 N–H and O–H groups in total. The van der Waals surface area contributed by atoms with Gasteiger partial charge in [-0.3, -0.25) is 0 Å². The van der Waals surface area contributed by atoms with Gasteiger partial charge in [0.15, 0.2) is 0 Å². The Balaban J connectivity index is 0.000000490. The molecule has 3 heteroatoms. The minimum Gasteiger partial charge on any atom is -0.304 e. The maximum Gasteiger partial charge on any atom is 0 e. The van der Waals surface area contributed by atoms with Crippen LogP contribution in [0.1, 0.15) is 0 Å². The monoisotopic (exact) mass is 207 g/mol. The maximum absolute atomic E-state index is 3.76. The Morgan fingerprint density at radius 1 is 1.62 bits per heavy atom. The standard InChI is InChI=1S/C5H3BrN.V/c6-5-1-3-7-4-2-5;/h1,3-4H;/q-1;. The number of pyridine rings is 1. The van der Waals surface area contributed by atoms with E-state index in [0.717, 1.165) is 4.47 Å². The Kier molecular flexibility index (Phi) is 4.24. The largest absolute Gasteiger partial charge is 0.304 e. The van der Waals surface area contributed by atoms with E-state index in [9.17, 15) is 0 Å². The van der Waals surface area contributed by atoms with Crippen LogP contribution in [0.25, 0.3) is 0 Å². The Bertz CT molecular complexity index is 142. The minimum atomic E-state index is 0. The molecular weight excluding hydrogens is 205 g/mol. The summed E-state index contributed by atoms with van der Waals surface area (Å²) in [7, 11) is 0. The van der Waals surface area contributed by atoms with Gasteiger partial charge in [0.05, 0.1) is 0 Å². The summed E-state index contributed by atoms with van der Waals surface area (Å²) < 4.78 is 0.947. The van der Waals surface area contributed by atoms with Gasteiger partial charge in [-0.1, -0.05) is 28.3 Å². The van der Waals surface area contributed by atoms with Crippen LogP contribution in [0.3, 0.4) is 0 Å². The van der Waals surface area contributed by atoms with Gasteiger partial charge in [0.25, 0.3) is 0 Å². The van der Waals surface area contributed by atoms with Crippen molar-refractivity contribution >= 4 is 15.9 Å². The summed E-state index contributed by atoms with van der Waals surface area (Å²) >= 11 is 3.22. The quantitative estimate of drug-likeness (QED) is 0.590. The van der Waals surface area contributed by atoms with Gasteiger partial charge in [0, 0.05) is 18.6 Å². The number of nitrogens with zero attached hydrogens (tertiary/aromatic N) is 1. The third kappa shape index (κ3) is 2.50. The summed E-state index contributed by atoms with van der Waals surface area (Å²) in [6.45, 7) is 0. The van der Waals surface area contributed by atoms with Gasteiger partial charge < -0.3 is 4.98 Å². The van der Waals surface area contributed by atoms with E-state index in [1.165, 1.54) is 0 Å². The zero-order valence-corrected chi connectivity index (χ0v) is 6.99. The molecule has 1 radical (unpaired) electrons. The first kappa shape index (κ1) is 8.21. The molecule has 0 spiro atoms. The zero-order valence-electron chi connectivity index (χ0n) is 4.00. The van der Waals surface area contributed by atoms with Gasteiger partial charge in [-0.2, -0.15) is 6.07 Å². The van der Waals surface area contributed by atoms with E-state index in [0.29, 0.717) is 0 Å². The third-order valence-corrected chi connectivity index (χ3v) is 1.08. The average molecular weight is 208 g/mol. The first-order chi connectivity index (χ1) is 3.39. The third-order valence-electron chi connectivity index (χ3n) is 0.584. The predicted molar refractivity (Wildman–Crippen MR) is 30.8 cm³/mol. The topological polar surface area (TPSA) is 12.9 Å². The fraction of sp³-hybridized carbons (Fsp3) is 0. The van der Waals surface area contributed by atoms with Gasteiger partial charge in [0.1, 0.15) is 0 Å². The van der Waals surface area contributed by atoms with Crippen LogP contribution in [0.15, 0.2) is 22.9 Å². The first-order valence-electron chi connectivity index (χ1n) is 1.87. The summed E-state index contributed by atoms with van der Waals surface area (Å²) in [5.41, 5.74) is 0. The second-order valence-electron chi connectivity index (χ2n) is 1.09. The SMILES string of the molecule is Brc1[c-]cncc1.[V]. The number of halogens is 1. The zero-order chi connectivity index (χ0) is 5.11. The molecule has 1 nitrogen and oxygen atoms in total. The van der Waals surface area contributed by atoms with Crippen LogP contribution in [0.5, 0.6) is 0 Å². The van der Waals surface area contributed by atoms with Crippen LogP contribution in [0.4, 0.5) is 0 Å². The molecule has 0 unspecified atom stereocenters. The van der Waals surface area contributed by atoms with E-state index in [1.54, 1.807) is 12.4 Å². The predicted octanol–water partition coefficient (Wildman–Crippen LogP) is 1.64. The van der Waals surface area contributed by atoms with Gasteiger partial charge in [-0.25, -0.2) is 6.07 Å². The molecule has 0 aliphatic heterocycles. The van der Waals surface area contributed by atoms with Gasteiger partial charge in [-0.15, -0.1) is 4.47 Å². The van der Waals surface area contributed by atoms with E-state index in [2.05, 4.69) is 27.0 Å². The summed E-state index contributed by atoms with van der Waals surface area (Å²) in [6, 6.07) is 4.67. The molecule has 0 aliphatic rings. The van der Waals surface area contributed by atoms with E-state index in [-0.39, 0.29) is 18.6 Å². The fourth-order valence-corrected chi connectivity index (χ4v) is 0.519. The summed E-state index contributed by atoms with van der Waals surface area (Å²) in [4.78, 5) is 3.76. The van der Waals surface area contributed by atoms with Crippen LogP contribution in [0, 0.1) is 6.07 Å². The molecular formula is C5H3BrNV-. The van der Waals surface area contributed by atoms with Crippen molar-refractivity contribution in [3.05, 3.63) is 29.0 Å². The normalized spacial score (nSPS) is 7.62. The number of aromatic nitrogens is 1. The van der Waals surface area contributed by atoms with E-state index < -0.39 is 0 Å². The summed E-state index contributed by atoms with van der Waals surface area (Å²) in [6.07, 6.45) is 3.32. The molecule has 1 aromatic heterocycles. The summed E-state index contributed by atoms with van der Waals surface area (Å²) in [5.74, 6) is 0. The Hall–Kier alpha value is 0.214. The number of rotatable bonds is 0. The van der Waals surface area contributed by atoms with Crippen molar-refractivity contribution in [2.45, 2.75) is 0 Å². The molecule has 8 heavy (non-hydrogen) atoms. The first-order valence-corrected chi connectivity index (χ1v) is 2.66. The van der Waals surface area contributed by atoms with Crippen LogP contribution in [0.2, 0.25) is 0 Å². The van der Waals surface area contributed by atoms with Crippen LogP contribution >= 0.6 is 15.9 Å². The molecule has 0 bridgehead atoms. The molecule has 1 rings (SSSR count). The summed E-state index contributed by atoms with van der Waals surface area (Å²) in [5, 5.41) is 0. The van der Waals surface area contributed by atoms with E-state index >= 15 is 0 Å². The number of hydrogen-bond donors (Lipinski definition) is 0. The van der Waals surface area contributed by atoms with Crippen LogP contribution in [-0.4, -0.2) is 4.98 Å². The molecule has 0 atom stereocenters. The molecule has 0 aliphatic carbocycles. The van der Waals surface area contributed by atoms with Crippen molar-refractivity contribution in [1.29, 1.82) is 0 Å². The maximum atomic E-state index is 3.76. The van der Waals surface area contributed by atoms with E-state index in [1.807, 2.05) is 6.07 Å². The fourth-order valence-electron chi connectivity index (χ4n) is 0.299. The van der Waals surface area contributed by atoms with Crippen molar-refractivity contribution < 1.29 is 18.6 Å². The number of hydrogen-bond acceptors (Lipinski definition) is 1. The minimum absolute atomic E-state index is 0. The van der Waals surface area contributed by atoms with Crippen molar-refractivity contribution in [2.24, 2.45) is 0 Å². The van der Waals surface area contributed by atoms with Crippen LogP contribution in [-0.2, 0) is 18.6 Å². The van der Waals surface area contributed by atoms with Crippen molar-refractivity contribution in [2.75, 3.05) is 0 Å². The van der Waals surface area contributed by atoms with Gasteiger partial charge in [0.2, 0.25) is 0 Å². The molecule has 0 saturated carbocycles. The van der Waals surface area contributed by atoms with Crippen molar-refractivity contribution in [1.82, 2.24) is 4.98 Å². The Morgan fingerprint density at radius 2 is 2.38 bits per heavy atom. The molecule has 41 valence electrons. The second-order valence-corrected chi connectivity index (χ2v) is 1.94. The molecule has 0 fully saturated rings. The van der Waals surface area contributed by atoms with Gasteiger partial charge in [-0.05, 0) is 0 Å². The Morgan fingerprint density at radius 3 is 2.62 bits per heavy atom. The molecule has 1 aromatic rings. The second kappa shape index (κ2) is 4.13. The molecule has 0 aromatic carbocycles.